The van der Waals surface area contributed by atoms with Crippen LogP contribution in [0.2, 0.25) is 0 Å². The number of morpholine rings is 1. The Labute approximate surface area is 124 Å². The summed E-state index contributed by atoms with van der Waals surface area (Å²) in [6.45, 7) is 1.79. The lowest BCUT2D eigenvalue weighted by Gasteiger charge is -2.34. The van der Waals surface area contributed by atoms with Crippen molar-refractivity contribution < 1.29 is 22.4 Å². The third-order valence-electron chi connectivity index (χ3n) is 3.51. The Morgan fingerprint density at radius 3 is 2.73 bits per heavy atom. The number of aromatic nitrogens is 2. The number of rotatable bonds is 4. The van der Waals surface area contributed by atoms with E-state index in [9.17, 15) is 13.2 Å². The van der Waals surface area contributed by atoms with Crippen molar-refractivity contribution in [2.75, 3.05) is 19.8 Å². The van der Waals surface area contributed by atoms with Gasteiger partial charge in [-0.1, -0.05) is 17.3 Å². The van der Waals surface area contributed by atoms with Crippen molar-refractivity contribution in [2.24, 2.45) is 0 Å². The molecule has 1 aromatic carbocycles. The van der Waals surface area contributed by atoms with Crippen LogP contribution >= 0.6 is 0 Å². The first kappa shape index (κ1) is 15.0. The molecule has 1 aliphatic heterocycles. The fraction of sp³-hybridized carbons (Fsp3) is 0.429. The maximum absolute atomic E-state index is 13.0. The van der Waals surface area contributed by atoms with Crippen LogP contribution in [0.15, 0.2) is 28.8 Å². The second-order valence-corrected chi connectivity index (χ2v) is 4.96. The summed E-state index contributed by atoms with van der Waals surface area (Å²) in [6, 6.07) is 6.00. The van der Waals surface area contributed by atoms with Gasteiger partial charge in [0, 0.05) is 6.54 Å². The van der Waals surface area contributed by atoms with E-state index in [2.05, 4.69) is 10.1 Å². The molecule has 2 heterocycles. The Morgan fingerprint density at radius 2 is 2.05 bits per heavy atom. The van der Waals surface area contributed by atoms with E-state index in [0.717, 1.165) is 5.56 Å². The molecule has 0 bridgehead atoms. The summed E-state index contributed by atoms with van der Waals surface area (Å²) in [7, 11) is 0. The minimum absolute atomic E-state index is 0.115. The van der Waals surface area contributed by atoms with E-state index in [-0.39, 0.29) is 24.3 Å². The average Bonchev–Trinajstić information content (AvgIpc) is 2.98. The number of benzene rings is 1. The Kier molecular flexibility index (Phi) is 4.39. The molecule has 5 nitrogen and oxygen atoms in total. The van der Waals surface area contributed by atoms with Crippen LogP contribution in [-0.2, 0) is 11.3 Å². The smallest absolute Gasteiger partial charge is 0.300 e. The van der Waals surface area contributed by atoms with Crippen LogP contribution in [0.1, 0.15) is 29.7 Å². The third-order valence-corrected chi connectivity index (χ3v) is 3.51. The summed E-state index contributed by atoms with van der Waals surface area (Å²) in [5, 5.41) is 3.25. The van der Waals surface area contributed by atoms with Gasteiger partial charge in [-0.2, -0.15) is 4.98 Å². The van der Waals surface area contributed by atoms with Crippen LogP contribution in [0.4, 0.5) is 13.2 Å². The number of halogens is 3. The molecule has 1 fully saturated rings. The Morgan fingerprint density at radius 1 is 1.27 bits per heavy atom. The number of hydrogen-bond donors (Lipinski definition) is 0. The summed E-state index contributed by atoms with van der Waals surface area (Å²) < 4.78 is 48.3. The molecule has 2 aromatic rings. The lowest BCUT2D eigenvalue weighted by Crippen LogP contribution is -2.39. The van der Waals surface area contributed by atoms with Crippen molar-refractivity contribution in [3.63, 3.8) is 0 Å². The van der Waals surface area contributed by atoms with Gasteiger partial charge in [-0.3, -0.25) is 4.90 Å². The molecule has 1 aromatic heterocycles. The van der Waals surface area contributed by atoms with Crippen molar-refractivity contribution in [1.29, 1.82) is 0 Å². The van der Waals surface area contributed by atoms with Crippen molar-refractivity contribution in [2.45, 2.75) is 19.0 Å². The highest BCUT2D eigenvalue weighted by atomic mass is 19.3. The molecule has 22 heavy (non-hydrogen) atoms. The van der Waals surface area contributed by atoms with Gasteiger partial charge in [0.15, 0.2) is 0 Å². The lowest BCUT2D eigenvalue weighted by molar-refractivity contribution is -0.0168. The number of nitrogens with zero attached hydrogens (tertiary/aromatic N) is 3. The summed E-state index contributed by atoms with van der Waals surface area (Å²) in [4.78, 5) is 5.66. The summed E-state index contributed by atoms with van der Waals surface area (Å²) in [5.41, 5.74) is 0.884. The minimum atomic E-state index is -2.75. The maximum atomic E-state index is 13.0. The van der Waals surface area contributed by atoms with Gasteiger partial charge in [0.1, 0.15) is 5.82 Å². The van der Waals surface area contributed by atoms with Gasteiger partial charge in [0.25, 0.3) is 0 Å². The van der Waals surface area contributed by atoms with Crippen molar-refractivity contribution in [3.8, 4) is 0 Å². The number of ether oxygens (including phenoxy) is 1. The van der Waals surface area contributed by atoms with Gasteiger partial charge >= 0.3 is 6.43 Å². The molecule has 3 rings (SSSR count). The first-order valence-corrected chi connectivity index (χ1v) is 6.81. The van der Waals surface area contributed by atoms with Crippen molar-refractivity contribution in [1.82, 2.24) is 15.0 Å². The molecule has 0 N–H and O–H groups in total. The van der Waals surface area contributed by atoms with Gasteiger partial charge in [0.05, 0.1) is 25.8 Å². The SMILES string of the molecule is Fc1ccc(C2COCCN2Cc2nc(C(F)F)no2)cc1. The zero-order valence-corrected chi connectivity index (χ0v) is 11.6. The molecule has 8 heteroatoms. The molecule has 1 aliphatic rings. The molecule has 0 spiro atoms. The molecule has 1 atom stereocenters. The zero-order valence-electron chi connectivity index (χ0n) is 11.6. The molecule has 0 amide bonds. The third kappa shape index (κ3) is 3.28. The average molecular weight is 313 g/mol. The van der Waals surface area contributed by atoms with E-state index < -0.39 is 12.2 Å². The van der Waals surface area contributed by atoms with E-state index in [1.54, 1.807) is 12.1 Å². The van der Waals surface area contributed by atoms with Crippen molar-refractivity contribution in [3.05, 3.63) is 47.4 Å². The molecular weight excluding hydrogens is 299 g/mol. The molecule has 1 unspecified atom stereocenters. The van der Waals surface area contributed by atoms with Gasteiger partial charge in [-0.05, 0) is 17.7 Å². The fourth-order valence-electron chi connectivity index (χ4n) is 2.41. The van der Waals surface area contributed by atoms with Crippen LogP contribution < -0.4 is 0 Å². The summed E-state index contributed by atoms with van der Waals surface area (Å²) >= 11 is 0. The normalized spacial score (nSPS) is 19.7. The van der Waals surface area contributed by atoms with Gasteiger partial charge in [-0.15, -0.1) is 0 Å². The Hall–Kier alpha value is -1.93. The standard InChI is InChI=1S/C14H14F3N3O2/c15-10-3-1-9(2-4-10)11-8-21-6-5-20(11)7-12-18-14(13(16)17)19-22-12/h1-4,11,13H,5-8H2. The second-order valence-electron chi connectivity index (χ2n) is 4.96. The van der Waals surface area contributed by atoms with Gasteiger partial charge in [0.2, 0.25) is 11.7 Å². The lowest BCUT2D eigenvalue weighted by atomic mass is 10.0. The largest absolute Gasteiger partial charge is 0.378 e. The zero-order chi connectivity index (χ0) is 15.5. The maximum Gasteiger partial charge on any atom is 0.300 e. The Bertz CT molecular complexity index is 618. The van der Waals surface area contributed by atoms with Crippen LogP contribution in [0.25, 0.3) is 0 Å². The highest BCUT2D eigenvalue weighted by Crippen LogP contribution is 2.26. The van der Waals surface area contributed by atoms with Crippen LogP contribution in [0.3, 0.4) is 0 Å². The quantitative estimate of drug-likeness (QED) is 0.868. The molecule has 1 saturated heterocycles. The van der Waals surface area contributed by atoms with Crippen LogP contribution in [0.5, 0.6) is 0 Å². The molecule has 118 valence electrons. The number of alkyl halides is 2. The molecule has 0 aliphatic carbocycles. The van der Waals surface area contributed by atoms with Gasteiger partial charge < -0.3 is 9.26 Å². The van der Waals surface area contributed by atoms with E-state index in [1.807, 2.05) is 4.90 Å². The second kappa shape index (κ2) is 6.45. The highest BCUT2D eigenvalue weighted by molar-refractivity contribution is 5.20. The summed E-state index contributed by atoms with van der Waals surface area (Å²) in [5.74, 6) is -0.795. The minimum Gasteiger partial charge on any atom is -0.378 e. The molecule has 0 saturated carbocycles. The van der Waals surface area contributed by atoms with Crippen molar-refractivity contribution >= 4 is 0 Å². The first-order valence-electron chi connectivity index (χ1n) is 6.81. The first-order chi connectivity index (χ1) is 10.6. The summed E-state index contributed by atoms with van der Waals surface area (Å²) in [6.07, 6.45) is -2.75. The molecule has 0 radical (unpaired) electrons. The number of hydrogen-bond acceptors (Lipinski definition) is 5. The fourth-order valence-corrected chi connectivity index (χ4v) is 2.41. The predicted octanol–water partition coefficient (Wildman–Crippen LogP) is 2.72. The highest BCUT2D eigenvalue weighted by Gasteiger charge is 2.27. The van der Waals surface area contributed by atoms with E-state index in [0.29, 0.717) is 19.8 Å². The topological polar surface area (TPSA) is 51.4 Å². The van der Waals surface area contributed by atoms with Crippen LogP contribution in [0, 0.1) is 5.82 Å². The van der Waals surface area contributed by atoms with Crippen LogP contribution in [-0.4, -0.2) is 34.8 Å². The monoisotopic (exact) mass is 313 g/mol. The van der Waals surface area contributed by atoms with E-state index in [4.69, 9.17) is 9.26 Å². The predicted molar refractivity (Wildman–Crippen MR) is 69.6 cm³/mol. The molecular formula is C14H14F3N3O2. The van der Waals surface area contributed by atoms with E-state index in [1.165, 1.54) is 12.1 Å². The van der Waals surface area contributed by atoms with E-state index >= 15 is 0 Å². The Balaban J connectivity index is 1.75. The van der Waals surface area contributed by atoms with Gasteiger partial charge in [-0.25, -0.2) is 13.2 Å².